The van der Waals surface area contributed by atoms with Gasteiger partial charge < -0.3 is 30.0 Å². The highest BCUT2D eigenvalue weighted by Gasteiger charge is 2.18. The van der Waals surface area contributed by atoms with E-state index in [-0.39, 0.29) is 12.3 Å². The fourth-order valence-corrected chi connectivity index (χ4v) is 2.58. The first kappa shape index (κ1) is 21.0. The van der Waals surface area contributed by atoms with Gasteiger partial charge in [0.25, 0.3) is 5.91 Å². The molecule has 8 heteroatoms. The molecule has 0 fully saturated rings. The maximum absolute atomic E-state index is 12.8. The molecule has 150 valence electrons. The van der Waals surface area contributed by atoms with Crippen LogP contribution in [-0.2, 0) is 4.79 Å². The van der Waals surface area contributed by atoms with Crippen molar-refractivity contribution in [2.75, 3.05) is 32.0 Å². The highest BCUT2D eigenvalue weighted by atomic mass is 16.5. The number of rotatable bonds is 8. The van der Waals surface area contributed by atoms with Crippen LogP contribution in [-0.4, -0.2) is 44.4 Å². The molecule has 1 atom stereocenters. The fraction of sp³-hybridized carbons (Fsp3) is 0.300. The molecule has 28 heavy (non-hydrogen) atoms. The number of carbonyl (C=O) groups is 2. The first-order valence-corrected chi connectivity index (χ1v) is 8.57. The van der Waals surface area contributed by atoms with E-state index in [2.05, 4.69) is 10.6 Å². The van der Waals surface area contributed by atoms with Crippen molar-refractivity contribution in [3.8, 4) is 17.2 Å². The Morgan fingerprint density at radius 2 is 1.50 bits per heavy atom. The minimum Gasteiger partial charge on any atom is -0.493 e. The average Bonchev–Trinajstić information content (AvgIpc) is 2.67. The molecule has 0 saturated carbocycles. The second-order valence-corrected chi connectivity index (χ2v) is 6.02. The van der Waals surface area contributed by atoms with Crippen molar-refractivity contribution in [1.29, 1.82) is 0 Å². The Balaban J connectivity index is 2.27. The zero-order valence-electron chi connectivity index (χ0n) is 16.2. The molecular weight excluding hydrogens is 364 g/mol. The number of para-hydroxylation sites is 2. The van der Waals surface area contributed by atoms with Crippen molar-refractivity contribution in [2.24, 2.45) is 0 Å². The smallest absolute Gasteiger partial charge is 0.255 e. The molecule has 2 aromatic carbocycles. The summed E-state index contributed by atoms with van der Waals surface area (Å²) in [5.41, 5.74) is 1.13. The lowest BCUT2D eigenvalue weighted by molar-refractivity contribution is -0.117. The van der Waals surface area contributed by atoms with Crippen LogP contribution in [0.1, 0.15) is 23.7 Å². The largest absolute Gasteiger partial charge is 0.493 e. The van der Waals surface area contributed by atoms with Gasteiger partial charge in [-0.15, -0.1) is 0 Å². The van der Waals surface area contributed by atoms with Gasteiger partial charge in [-0.05, 0) is 31.2 Å². The highest BCUT2D eigenvalue weighted by Crippen LogP contribution is 2.38. The number of hydrogen-bond donors (Lipinski definition) is 3. The molecule has 0 aliphatic rings. The predicted molar refractivity (Wildman–Crippen MR) is 105 cm³/mol. The summed E-state index contributed by atoms with van der Waals surface area (Å²) in [6.45, 7) is 1.53. The van der Waals surface area contributed by atoms with Gasteiger partial charge in [0.05, 0.1) is 45.2 Å². The van der Waals surface area contributed by atoms with E-state index >= 15 is 0 Å². The third-order valence-corrected chi connectivity index (χ3v) is 3.86. The summed E-state index contributed by atoms with van der Waals surface area (Å²) >= 11 is 0. The highest BCUT2D eigenvalue weighted by molar-refractivity contribution is 6.07. The predicted octanol–water partition coefficient (Wildman–Crippen LogP) is 2.67. The molecule has 0 heterocycles. The third-order valence-electron chi connectivity index (χ3n) is 3.86. The van der Waals surface area contributed by atoms with Gasteiger partial charge in [0.2, 0.25) is 11.7 Å². The van der Waals surface area contributed by atoms with E-state index < -0.39 is 12.0 Å². The second kappa shape index (κ2) is 9.61. The topological polar surface area (TPSA) is 106 Å². The zero-order valence-corrected chi connectivity index (χ0v) is 16.2. The molecular formula is C20H24N2O6. The van der Waals surface area contributed by atoms with Crippen molar-refractivity contribution in [2.45, 2.75) is 19.4 Å². The molecule has 3 N–H and O–H groups in total. The molecule has 0 spiro atoms. The van der Waals surface area contributed by atoms with Gasteiger partial charge in [0, 0.05) is 5.56 Å². The van der Waals surface area contributed by atoms with Crippen molar-refractivity contribution >= 4 is 23.2 Å². The van der Waals surface area contributed by atoms with Crippen LogP contribution >= 0.6 is 0 Å². The molecule has 8 nitrogen and oxygen atoms in total. The van der Waals surface area contributed by atoms with Gasteiger partial charge >= 0.3 is 0 Å². The van der Waals surface area contributed by atoms with Gasteiger partial charge in [-0.3, -0.25) is 9.59 Å². The summed E-state index contributed by atoms with van der Waals surface area (Å²) in [6.07, 6.45) is -0.809. The number of anilines is 2. The number of aliphatic hydroxyl groups excluding tert-OH is 1. The van der Waals surface area contributed by atoms with Crippen LogP contribution < -0.4 is 24.8 Å². The molecule has 1 unspecified atom stereocenters. The number of hydrogen-bond acceptors (Lipinski definition) is 6. The number of nitrogens with one attached hydrogen (secondary N) is 2. The first-order valence-electron chi connectivity index (χ1n) is 8.57. The number of carbonyl (C=O) groups excluding carboxylic acids is 2. The Labute approximate surface area is 163 Å². The zero-order chi connectivity index (χ0) is 20.7. The quantitative estimate of drug-likeness (QED) is 0.642. The van der Waals surface area contributed by atoms with E-state index in [1.807, 2.05) is 0 Å². The van der Waals surface area contributed by atoms with Crippen LogP contribution in [0.15, 0.2) is 36.4 Å². The van der Waals surface area contributed by atoms with E-state index in [9.17, 15) is 14.7 Å². The normalized spacial score (nSPS) is 11.3. The lowest BCUT2D eigenvalue weighted by atomic mass is 10.1. The van der Waals surface area contributed by atoms with Gasteiger partial charge in [-0.25, -0.2) is 0 Å². The van der Waals surface area contributed by atoms with Crippen LogP contribution in [0.2, 0.25) is 0 Å². The molecule has 0 bridgehead atoms. The van der Waals surface area contributed by atoms with Crippen LogP contribution in [0.4, 0.5) is 11.4 Å². The minimum absolute atomic E-state index is 0.0465. The summed E-state index contributed by atoms with van der Waals surface area (Å²) in [6, 6.07) is 9.84. The summed E-state index contributed by atoms with van der Waals surface area (Å²) in [7, 11) is 4.41. The lowest BCUT2D eigenvalue weighted by Crippen LogP contribution is -2.19. The molecule has 2 aromatic rings. The standard InChI is InChI=1S/C20H24N2O6/c1-12(23)9-18(24)21-14-7-5-6-8-15(14)22-20(25)13-10-16(26-2)19(28-4)17(11-13)27-3/h5-8,10-12,23H,9H2,1-4H3,(H,21,24)(H,22,25). The summed E-state index contributed by atoms with van der Waals surface area (Å²) in [5, 5.41) is 14.8. The molecule has 0 aromatic heterocycles. The SMILES string of the molecule is COc1cc(C(=O)Nc2ccccc2NC(=O)CC(C)O)cc(OC)c1OC. The Morgan fingerprint density at radius 3 is 1.96 bits per heavy atom. The van der Waals surface area contributed by atoms with Crippen LogP contribution in [0.5, 0.6) is 17.2 Å². The van der Waals surface area contributed by atoms with Crippen molar-refractivity contribution in [1.82, 2.24) is 0 Å². The van der Waals surface area contributed by atoms with Crippen LogP contribution in [0.3, 0.4) is 0 Å². The number of ether oxygens (including phenoxy) is 3. The van der Waals surface area contributed by atoms with E-state index in [0.29, 0.717) is 34.2 Å². The van der Waals surface area contributed by atoms with Gasteiger partial charge in [0.15, 0.2) is 11.5 Å². The number of benzene rings is 2. The molecule has 2 amide bonds. The van der Waals surface area contributed by atoms with E-state index in [4.69, 9.17) is 14.2 Å². The number of amides is 2. The van der Waals surface area contributed by atoms with Crippen LogP contribution in [0.25, 0.3) is 0 Å². The molecule has 2 rings (SSSR count). The Morgan fingerprint density at radius 1 is 0.964 bits per heavy atom. The summed E-state index contributed by atoms with van der Waals surface area (Å²) < 4.78 is 15.8. The van der Waals surface area contributed by atoms with Crippen molar-refractivity contribution in [3.63, 3.8) is 0 Å². The van der Waals surface area contributed by atoms with Gasteiger partial charge in [-0.2, -0.15) is 0 Å². The average molecular weight is 388 g/mol. The van der Waals surface area contributed by atoms with E-state index in [1.54, 1.807) is 24.3 Å². The van der Waals surface area contributed by atoms with Crippen molar-refractivity contribution in [3.05, 3.63) is 42.0 Å². The summed E-state index contributed by atoms with van der Waals surface area (Å²) in [5.74, 6) is 0.310. The first-order chi connectivity index (χ1) is 13.4. The lowest BCUT2D eigenvalue weighted by Gasteiger charge is -2.15. The van der Waals surface area contributed by atoms with Crippen molar-refractivity contribution < 1.29 is 28.9 Å². The monoisotopic (exact) mass is 388 g/mol. The Bertz CT molecular complexity index is 825. The molecule has 0 radical (unpaired) electrons. The minimum atomic E-state index is -0.763. The number of methoxy groups -OCH3 is 3. The maximum Gasteiger partial charge on any atom is 0.255 e. The van der Waals surface area contributed by atoms with E-state index in [1.165, 1.54) is 40.4 Å². The van der Waals surface area contributed by atoms with E-state index in [0.717, 1.165) is 0 Å². The fourth-order valence-electron chi connectivity index (χ4n) is 2.58. The Kier molecular flexibility index (Phi) is 7.22. The third kappa shape index (κ3) is 5.14. The molecule has 0 aliphatic carbocycles. The number of aliphatic hydroxyl groups is 1. The van der Waals surface area contributed by atoms with Crippen LogP contribution in [0, 0.1) is 0 Å². The van der Waals surface area contributed by atoms with Gasteiger partial charge in [-0.1, -0.05) is 12.1 Å². The van der Waals surface area contributed by atoms with Gasteiger partial charge in [0.1, 0.15) is 0 Å². The molecule has 0 saturated heterocycles. The maximum atomic E-state index is 12.8. The Hall–Kier alpha value is -3.26. The molecule has 0 aliphatic heterocycles. The second-order valence-electron chi connectivity index (χ2n) is 6.02. The summed E-state index contributed by atoms with van der Waals surface area (Å²) in [4.78, 5) is 24.7.